The number of hydrogen-bond acceptors (Lipinski definition) is 5. The van der Waals surface area contributed by atoms with Gasteiger partial charge in [-0.2, -0.15) is 0 Å². The minimum absolute atomic E-state index is 0.781. The molecule has 2 heterocycles. The zero-order valence-corrected chi connectivity index (χ0v) is 17.8. The lowest BCUT2D eigenvalue weighted by Gasteiger charge is -2.05. The van der Waals surface area contributed by atoms with Gasteiger partial charge in [0, 0.05) is 29.3 Å². The topological polar surface area (TPSA) is 43.6 Å². The number of aryl methyl sites for hydroxylation is 2. The van der Waals surface area contributed by atoms with Gasteiger partial charge in [-0.05, 0) is 24.5 Å². The number of thioether (sulfide) groups is 1. The van der Waals surface area contributed by atoms with Crippen molar-refractivity contribution in [3.63, 3.8) is 0 Å². The molecular formula is C22H22N4S2. The smallest absolute Gasteiger partial charge is 0.191 e. The molecule has 142 valence electrons. The first-order valence-electron chi connectivity index (χ1n) is 9.27. The van der Waals surface area contributed by atoms with Crippen LogP contribution in [0, 0.1) is 6.92 Å². The summed E-state index contributed by atoms with van der Waals surface area (Å²) in [5.41, 5.74) is 5.93. The van der Waals surface area contributed by atoms with E-state index in [1.165, 1.54) is 16.7 Å². The highest BCUT2D eigenvalue weighted by Crippen LogP contribution is 2.29. The molecule has 4 nitrogen and oxygen atoms in total. The number of aromatic nitrogens is 4. The number of rotatable bonds is 6. The van der Waals surface area contributed by atoms with E-state index in [4.69, 9.17) is 4.98 Å². The van der Waals surface area contributed by atoms with Gasteiger partial charge in [-0.1, -0.05) is 67.2 Å². The maximum absolute atomic E-state index is 4.80. The van der Waals surface area contributed by atoms with Crippen LogP contribution in [-0.2, 0) is 19.2 Å². The predicted octanol–water partition coefficient (Wildman–Crippen LogP) is 5.77. The standard InChI is InChI=1S/C22H22N4S2/c1-4-16-9-11-17(12-10-16)21-23-18(13-27-21)14-28-22-25-24-20(26(22)3)19-8-6-5-7-15(19)2/h5-13H,4,14H2,1-3H3. The monoisotopic (exact) mass is 406 g/mol. The van der Waals surface area contributed by atoms with Crippen molar-refractivity contribution in [2.24, 2.45) is 7.05 Å². The van der Waals surface area contributed by atoms with Crippen molar-refractivity contribution >= 4 is 23.1 Å². The predicted molar refractivity (Wildman–Crippen MR) is 118 cm³/mol. The average Bonchev–Trinajstić information content (AvgIpc) is 3.34. The zero-order valence-electron chi connectivity index (χ0n) is 16.2. The van der Waals surface area contributed by atoms with E-state index in [1.807, 2.05) is 19.2 Å². The fourth-order valence-corrected chi connectivity index (χ4v) is 4.76. The summed E-state index contributed by atoms with van der Waals surface area (Å²) in [5.74, 6) is 1.68. The van der Waals surface area contributed by atoms with E-state index in [0.29, 0.717) is 0 Å². The Morgan fingerprint density at radius 2 is 1.82 bits per heavy atom. The van der Waals surface area contributed by atoms with Gasteiger partial charge >= 0.3 is 0 Å². The second-order valence-electron chi connectivity index (χ2n) is 6.66. The Morgan fingerprint density at radius 3 is 2.57 bits per heavy atom. The lowest BCUT2D eigenvalue weighted by atomic mass is 10.1. The summed E-state index contributed by atoms with van der Waals surface area (Å²) in [6.45, 7) is 4.27. The van der Waals surface area contributed by atoms with Crippen molar-refractivity contribution in [3.8, 4) is 22.0 Å². The molecule has 2 aromatic heterocycles. The summed E-state index contributed by atoms with van der Waals surface area (Å²) in [5, 5.41) is 12.9. The molecule has 0 saturated carbocycles. The average molecular weight is 407 g/mol. The maximum Gasteiger partial charge on any atom is 0.191 e. The van der Waals surface area contributed by atoms with E-state index in [9.17, 15) is 0 Å². The van der Waals surface area contributed by atoms with Crippen LogP contribution in [0.2, 0.25) is 0 Å². The number of nitrogens with zero attached hydrogens (tertiary/aromatic N) is 4. The Kier molecular flexibility index (Phi) is 5.59. The molecule has 6 heteroatoms. The van der Waals surface area contributed by atoms with Gasteiger partial charge in [-0.3, -0.25) is 0 Å². The van der Waals surface area contributed by atoms with Crippen LogP contribution in [0.3, 0.4) is 0 Å². The van der Waals surface area contributed by atoms with Crippen LogP contribution in [0.1, 0.15) is 23.7 Å². The third-order valence-corrected chi connectivity index (χ3v) is 6.72. The van der Waals surface area contributed by atoms with Crippen LogP contribution in [-0.4, -0.2) is 19.7 Å². The van der Waals surface area contributed by atoms with E-state index < -0.39 is 0 Å². The van der Waals surface area contributed by atoms with Gasteiger partial charge in [-0.25, -0.2) is 4.98 Å². The van der Waals surface area contributed by atoms with E-state index in [-0.39, 0.29) is 0 Å². The van der Waals surface area contributed by atoms with E-state index in [2.05, 4.69) is 70.4 Å². The van der Waals surface area contributed by atoms with Crippen molar-refractivity contribution in [1.29, 1.82) is 0 Å². The van der Waals surface area contributed by atoms with Gasteiger partial charge in [0.15, 0.2) is 11.0 Å². The van der Waals surface area contributed by atoms with Crippen LogP contribution in [0.4, 0.5) is 0 Å². The first kappa shape index (κ1) is 18.9. The van der Waals surface area contributed by atoms with Crippen molar-refractivity contribution < 1.29 is 0 Å². The van der Waals surface area contributed by atoms with E-state index in [0.717, 1.165) is 39.4 Å². The molecule has 4 rings (SSSR count). The molecule has 0 N–H and O–H groups in total. The van der Waals surface area contributed by atoms with Crippen LogP contribution >= 0.6 is 23.1 Å². The van der Waals surface area contributed by atoms with Crippen molar-refractivity contribution in [2.75, 3.05) is 0 Å². The second kappa shape index (κ2) is 8.29. The van der Waals surface area contributed by atoms with Crippen molar-refractivity contribution in [3.05, 3.63) is 70.7 Å². The minimum Gasteiger partial charge on any atom is -0.305 e. The number of hydrogen-bond donors (Lipinski definition) is 0. The third-order valence-electron chi connectivity index (χ3n) is 4.73. The summed E-state index contributed by atoms with van der Waals surface area (Å²) < 4.78 is 2.06. The first-order chi connectivity index (χ1) is 13.7. The van der Waals surface area contributed by atoms with Gasteiger partial charge in [0.25, 0.3) is 0 Å². The summed E-state index contributed by atoms with van der Waals surface area (Å²) in [6.07, 6.45) is 1.06. The Labute approximate surface area is 173 Å². The fraction of sp³-hybridized carbons (Fsp3) is 0.227. The Morgan fingerprint density at radius 1 is 1.04 bits per heavy atom. The Bertz CT molecular complexity index is 1080. The Balaban J connectivity index is 1.47. The van der Waals surface area contributed by atoms with Crippen molar-refractivity contribution in [2.45, 2.75) is 31.2 Å². The van der Waals surface area contributed by atoms with Crippen LogP contribution in [0.15, 0.2) is 59.1 Å². The SMILES string of the molecule is CCc1ccc(-c2nc(CSc3nnc(-c4ccccc4C)n3C)cs2)cc1. The lowest BCUT2D eigenvalue weighted by molar-refractivity contribution is 0.793. The molecule has 28 heavy (non-hydrogen) atoms. The normalized spacial score (nSPS) is 11.1. The summed E-state index contributed by atoms with van der Waals surface area (Å²) >= 11 is 3.36. The molecule has 0 atom stereocenters. The molecule has 0 aliphatic rings. The van der Waals surface area contributed by atoms with E-state index >= 15 is 0 Å². The molecule has 0 aliphatic heterocycles. The molecule has 2 aromatic carbocycles. The lowest BCUT2D eigenvalue weighted by Crippen LogP contribution is -1.96. The Hall–Kier alpha value is -2.44. The second-order valence-corrected chi connectivity index (χ2v) is 8.46. The molecule has 0 amide bonds. The van der Waals surface area contributed by atoms with Gasteiger partial charge in [-0.15, -0.1) is 21.5 Å². The van der Waals surface area contributed by atoms with Gasteiger partial charge < -0.3 is 4.57 Å². The van der Waals surface area contributed by atoms with Crippen LogP contribution in [0.5, 0.6) is 0 Å². The van der Waals surface area contributed by atoms with Gasteiger partial charge in [0.05, 0.1) is 5.69 Å². The molecule has 4 aromatic rings. The highest BCUT2D eigenvalue weighted by atomic mass is 32.2. The molecule has 0 bridgehead atoms. The highest BCUT2D eigenvalue weighted by Gasteiger charge is 2.14. The summed E-state index contributed by atoms with van der Waals surface area (Å²) in [6, 6.07) is 16.9. The minimum atomic E-state index is 0.781. The number of benzene rings is 2. The first-order valence-corrected chi connectivity index (χ1v) is 11.1. The highest BCUT2D eigenvalue weighted by molar-refractivity contribution is 7.98. The maximum atomic E-state index is 4.80. The molecule has 0 spiro atoms. The molecular weight excluding hydrogens is 384 g/mol. The molecule has 0 radical (unpaired) electrons. The fourth-order valence-electron chi connectivity index (χ4n) is 3.03. The zero-order chi connectivity index (χ0) is 19.5. The van der Waals surface area contributed by atoms with Crippen LogP contribution in [0.25, 0.3) is 22.0 Å². The summed E-state index contributed by atoms with van der Waals surface area (Å²) in [7, 11) is 2.02. The molecule has 0 saturated heterocycles. The number of thiazole rings is 1. The van der Waals surface area contributed by atoms with E-state index in [1.54, 1.807) is 23.1 Å². The molecule has 0 fully saturated rings. The largest absolute Gasteiger partial charge is 0.305 e. The van der Waals surface area contributed by atoms with Gasteiger partial charge in [0.1, 0.15) is 5.01 Å². The summed E-state index contributed by atoms with van der Waals surface area (Å²) in [4.78, 5) is 4.80. The quantitative estimate of drug-likeness (QED) is 0.381. The molecule has 0 aliphatic carbocycles. The van der Waals surface area contributed by atoms with Crippen molar-refractivity contribution in [1.82, 2.24) is 19.7 Å². The molecule has 0 unspecified atom stereocenters. The van der Waals surface area contributed by atoms with Gasteiger partial charge in [0.2, 0.25) is 0 Å². The van der Waals surface area contributed by atoms with Crippen LogP contribution < -0.4 is 0 Å². The third kappa shape index (κ3) is 3.88.